The Morgan fingerprint density at radius 3 is 2.33 bits per heavy atom. The van der Waals surface area contributed by atoms with Crippen molar-refractivity contribution >= 4 is 5.82 Å². The van der Waals surface area contributed by atoms with Gasteiger partial charge in [-0.25, -0.2) is 9.37 Å². The first-order valence-corrected chi connectivity index (χ1v) is 6.52. The summed E-state index contributed by atoms with van der Waals surface area (Å²) in [6, 6.07) is 10.1. The monoisotopic (exact) mass is 280 g/mol. The molecule has 104 valence electrons. The van der Waals surface area contributed by atoms with Gasteiger partial charge in [0.1, 0.15) is 11.5 Å². The second kappa shape index (κ2) is 6.09. The number of rotatable bonds is 4. The van der Waals surface area contributed by atoms with E-state index in [1.807, 2.05) is 12.1 Å². The van der Waals surface area contributed by atoms with E-state index in [2.05, 4.69) is 20.3 Å². The number of halogens is 1. The highest BCUT2D eigenvalue weighted by Gasteiger charge is 2.07. The molecule has 3 aromatic rings. The molecule has 0 aliphatic rings. The molecule has 0 unspecified atom stereocenters. The van der Waals surface area contributed by atoms with E-state index >= 15 is 0 Å². The van der Waals surface area contributed by atoms with Crippen molar-refractivity contribution in [3.8, 4) is 11.3 Å². The smallest absolute Gasteiger partial charge is 0.152 e. The van der Waals surface area contributed by atoms with Gasteiger partial charge in [0.15, 0.2) is 5.82 Å². The maximum Gasteiger partial charge on any atom is 0.152 e. The molecule has 1 aromatic carbocycles. The van der Waals surface area contributed by atoms with E-state index in [0.717, 1.165) is 11.1 Å². The number of nitrogens with one attached hydrogen (secondary N) is 1. The van der Waals surface area contributed by atoms with Crippen LogP contribution < -0.4 is 5.32 Å². The Hall–Kier alpha value is -2.82. The molecule has 0 fully saturated rings. The predicted octanol–water partition coefficient (Wildman–Crippen LogP) is 3.29. The fourth-order valence-electron chi connectivity index (χ4n) is 1.97. The van der Waals surface area contributed by atoms with Crippen LogP contribution in [-0.4, -0.2) is 15.0 Å². The summed E-state index contributed by atoms with van der Waals surface area (Å²) in [7, 11) is 0. The maximum absolute atomic E-state index is 13.0. The van der Waals surface area contributed by atoms with Gasteiger partial charge in [0, 0.05) is 36.9 Å². The van der Waals surface area contributed by atoms with E-state index in [0.29, 0.717) is 18.1 Å². The average Bonchev–Trinajstić information content (AvgIpc) is 2.55. The molecule has 0 spiro atoms. The van der Waals surface area contributed by atoms with E-state index in [1.165, 1.54) is 12.1 Å². The molecule has 0 aliphatic carbocycles. The van der Waals surface area contributed by atoms with E-state index < -0.39 is 0 Å². The van der Waals surface area contributed by atoms with Gasteiger partial charge in [0.2, 0.25) is 0 Å². The van der Waals surface area contributed by atoms with Crippen LogP contribution in [0.2, 0.25) is 0 Å². The summed E-state index contributed by atoms with van der Waals surface area (Å²) in [6.07, 6.45) is 6.74. The summed E-state index contributed by atoms with van der Waals surface area (Å²) in [6.45, 7) is 0.620. The van der Waals surface area contributed by atoms with Gasteiger partial charge in [-0.15, -0.1) is 0 Å². The summed E-state index contributed by atoms with van der Waals surface area (Å²) in [5, 5.41) is 3.25. The molecule has 1 N–H and O–H groups in total. The van der Waals surface area contributed by atoms with Crippen LogP contribution in [0, 0.1) is 5.82 Å². The van der Waals surface area contributed by atoms with Crippen LogP contribution in [0.5, 0.6) is 0 Å². The van der Waals surface area contributed by atoms with Crippen molar-refractivity contribution in [2.45, 2.75) is 6.54 Å². The Morgan fingerprint density at radius 1 is 0.857 bits per heavy atom. The molecule has 0 saturated heterocycles. The molecule has 0 radical (unpaired) electrons. The number of nitrogens with zero attached hydrogens (tertiary/aromatic N) is 3. The van der Waals surface area contributed by atoms with E-state index in [9.17, 15) is 4.39 Å². The van der Waals surface area contributed by atoms with Gasteiger partial charge in [-0.3, -0.25) is 9.97 Å². The molecule has 2 heterocycles. The Morgan fingerprint density at radius 2 is 1.57 bits per heavy atom. The van der Waals surface area contributed by atoms with Gasteiger partial charge in [-0.05, 0) is 42.0 Å². The van der Waals surface area contributed by atoms with Gasteiger partial charge in [0.05, 0.1) is 0 Å². The predicted molar refractivity (Wildman–Crippen MR) is 79.0 cm³/mol. The van der Waals surface area contributed by atoms with Crippen molar-refractivity contribution in [3.05, 3.63) is 72.6 Å². The van der Waals surface area contributed by atoms with E-state index in [1.54, 1.807) is 36.9 Å². The molecule has 0 amide bonds. The van der Waals surface area contributed by atoms with Crippen molar-refractivity contribution in [1.82, 2.24) is 15.0 Å². The lowest BCUT2D eigenvalue weighted by atomic mass is 10.1. The topological polar surface area (TPSA) is 50.7 Å². The molecule has 0 atom stereocenters. The van der Waals surface area contributed by atoms with Crippen LogP contribution in [0.1, 0.15) is 5.56 Å². The summed E-state index contributed by atoms with van der Waals surface area (Å²) < 4.78 is 13.0. The minimum atomic E-state index is -0.270. The number of hydrogen-bond acceptors (Lipinski definition) is 4. The van der Waals surface area contributed by atoms with Gasteiger partial charge in [-0.1, -0.05) is 0 Å². The third kappa shape index (κ3) is 3.20. The third-order valence-corrected chi connectivity index (χ3v) is 3.03. The number of pyridine rings is 1. The average molecular weight is 280 g/mol. The van der Waals surface area contributed by atoms with Crippen LogP contribution >= 0.6 is 0 Å². The summed E-state index contributed by atoms with van der Waals surface area (Å²) in [4.78, 5) is 12.6. The molecule has 2 aromatic heterocycles. The lowest BCUT2D eigenvalue weighted by molar-refractivity contribution is 0.628. The highest BCUT2D eigenvalue weighted by atomic mass is 19.1. The van der Waals surface area contributed by atoms with Crippen LogP contribution in [0.25, 0.3) is 11.3 Å². The Labute approximate surface area is 121 Å². The Kier molecular flexibility index (Phi) is 3.82. The largest absolute Gasteiger partial charge is 0.364 e. The first kappa shape index (κ1) is 13.2. The van der Waals surface area contributed by atoms with Crippen molar-refractivity contribution in [1.29, 1.82) is 0 Å². The zero-order valence-electron chi connectivity index (χ0n) is 11.2. The van der Waals surface area contributed by atoms with Crippen LogP contribution in [-0.2, 0) is 6.54 Å². The molecule has 21 heavy (non-hydrogen) atoms. The second-order valence-electron chi connectivity index (χ2n) is 4.47. The number of aromatic nitrogens is 3. The molecule has 0 aliphatic heterocycles. The van der Waals surface area contributed by atoms with Crippen LogP contribution in [0.15, 0.2) is 61.2 Å². The lowest BCUT2D eigenvalue weighted by Gasteiger charge is -2.10. The fourth-order valence-corrected chi connectivity index (χ4v) is 1.97. The Balaban J connectivity index is 1.84. The van der Waals surface area contributed by atoms with Gasteiger partial charge in [-0.2, -0.15) is 0 Å². The highest BCUT2D eigenvalue weighted by Crippen LogP contribution is 2.23. The van der Waals surface area contributed by atoms with Crippen LogP contribution in [0.3, 0.4) is 0 Å². The van der Waals surface area contributed by atoms with Crippen molar-refractivity contribution in [3.63, 3.8) is 0 Å². The maximum atomic E-state index is 13.0. The molecule has 0 bridgehead atoms. The second-order valence-corrected chi connectivity index (χ2v) is 4.47. The van der Waals surface area contributed by atoms with Crippen molar-refractivity contribution < 1.29 is 4.39 Å². The van der Waals surface area contributed by atoms with Gasteiger partial charge >= 0.3 is 0 Å². The van der Waals surface area contributed by atoms with Gasteiger partial charge in [0.25, 0.3) is 0 Å². The minimum absolute atomic E-state index is 0.270. The zero-order valence-corrected chi connectivity index (χ0v) is 11.2. The molecule has 5 heteroatoms. The standard InChI is InChI=1S/C16H13FN4/c17-14-3-1-13(2-4-14)15-16(20-10-9-19-15)21-11-12-5-7-18-8-6-12/h1-10H,11H2,(H,20,21). The molecule has 0 saturated carbocycles. The van der Waals surface area contributed by atoms with E-state index in [4.69, 9.17) is 0 Å². The number of hydrogen-bond donors (Lipinski definition) is 1. The van der Waals surface area contributed by atoms with Crippen molar-refractivity contribution in [2.75, 3.05) is 5.32 Å². The van der Waals surface area contributed by atoms with E-state index in [-0.39, 0.29) is 5.82 Å². The third-order valence-electron chi connectivity index (χ3n) is 3.03. The highest BCUT2D eigenvalue weighted by molar-refractivity contribution is 5.70. The lowest BCUT2D eigenvalue weighted by Crippen LogP contribution is -2.04. The van der Waals surface area contributed by atoms with Crippen LogP contribution in [0.4, 0.5) is 10.2 Å². The SMILES string of the molecule is Fc1ccc(-c2nccnc2NCc2ccncc2)cc1. The quantitative estimate of drug-likeness (QED) is 0.796. The van der Waals surface area contributed by atoms with Gasteiger partial charge < -0.3 is 5.32 Å². The first-order valence-electron chi connectivity index (χ1n) is 6.52. The minimum Gasteiger partial charge on any atom is -0.364 e. The summed E-state index contributed by atoms with van der Waals surface area (Å²) in [5.74, 6) is 0.398. The number of benzene rings is 1. The number of anilines is 1. The fraction of sp³-hybridized carbons (Fsp3) is 0.0625. The summed E-state index contributed by atoms with van der Waals surface area (Å²) in [5.41, 5.74) is 2.62. The first-order chi connectivity index (χ1) is 10.3. The normalized spacial score (nSPS) is 10.3. The molecule has 3 rings (SSSR count). The summed E-state index contributed by atoms with van der Waals surface area (Å²) >= 11 is 0. The van der Waals surface area contributed by atoms with Crippen molar-refractivity contribution in [2.24, 2.45) is 0 Å². The molecular weight excluding hydrogens is 267 g/mol. The molecular formula is C16H13FN4. The molecule has 4 nitrogen and oxygen atoms in total. The zero-order chi connectivity index (χ0) is 14.5. The Bertz CT molecular complexity index is 714.